The summed E-state index contributed by atoms with van der Waals surface area (Å²) in [7, 11) is 1.54. The van der Waals surface area contributed by atoms with Gasteiger partial charge in [-0.1, -0.05) is 23.7 Å². The molecule has 38 heavy (non-hydrogen) atoms. The molecule has 0 spiro atoms. The third-order valence-electron chi connectivity index (χ3n) is 5.68. The van der Waals surface area contributed by atoms with Crippen LogP contribution in [0.25, 0.3) is 6.08 Å². The normalized spacial score (nSPS) is 15.0. The summed E-state index contributed by atoms with van der Waals surface area (Å²) in [6.07, 6.45) is 4.02. The van der Waals surface area contributed by atoms with Crippen LogP contribution in [0.1, 0.15) is 22.3 Å². The molecule has 8 nitrogen and oxygen atoms in total. The van der Waals surface area contributed by atoms with Crippen LogP contribution in [0, 0.1) is 17.0 Å². The highest BCUT2D eigenvalue weighted by molar-refractivity contribution is 8.18. The molecule has 1 amide bonds. The summed E-state index contributed by atoms with van der Waals surface area (Å²) >= 11 is 7.43. The molecule has 3 aromatic carbocycles. The number of carbonyl (C=O) groups excluding carboxylic acids is 1. The third-order valence-corrected chi connectivity index (χ3v) is 7.00. The Bertz CT molecular complexity index is 1470. The lowest BCUT2D eigenvalue weighted by atomic mass is 10.0. The number of allylic oxidation sites excluding steroid dienone is 1. The van der Waals surface area contributed by atoms with Gasteiger partial charge in [0, 0.05) is 22.7 Å². The first-order valence-corrected chi connectivity index (χ1v) is 12.7. The molecule has 0 aliphatic carbocycles. The molecule has 10 heteroatoms. The van der Waals surface area contributed by atoms with Crippen LogP contribution in [0.15, 0.2) is 77.1 Å². The quantitative estimate of drug-likeness (QED) is 0.137. The second-order valence-electron chi connectivity index (χ2n) is 8.28. The van der Waals surface area contributed by atoms with Crippen molar-refractivity contribution in [1.82, 2.24) is 5.32 Å². The van der Waals surface area contributed by atoms with Crippen molar-refractivity contribution in [3.8, 4) is 11.5 Å². The molecule has 1 aliphatic rings. The number of hydrogen-bond donors (Lipinski definition) is 1. The van der Waals surface area contributed by atoms with Gasteiger partial charge in [-0.15, -0.1) is 6.58 Å². The minimum Gasteiger partial charge on any atom is -0.493 e. The van der Waals surface area contributed by atoms with E-state index in [1.54, 1.807) is 36.4 Å². The molecule has 0 unspecified atom stereocenters. The van der Waals surface area contributed by atoms with Gasteiger partial charge in [0.1, 0.15) is 6.61 Å². The van der Waals surface area contributed by atoms with Gasteiger partial charge in [0.25, 0.3) is 11.6 Å². The van der Waals surface area contributed by atoms with Gasteiger partial charge in [-0.3, -0.25) is 14.9 Å². The van der Waals surface area contributed by atoms with Gasteiger partial charge in [0.15, 0.2) is 16.7 Å². The Morgan fingerprint density at radius 1 is 1.21 bits per heavy atom. The second-order valence-corrected chi connectivity index (χ2v) is 9.72. The Labute approximate surface area is 229 Å². The average Bonchev–Trinajstić information content (AvgIpc) is 3.24. The minimum absolute atomic E-state index is 0.0146. The summed E-state index contributed by atoms with van der Waals surface area (Å²) in [4.78, 5) is 28.2. The number of amides is 1. The molecule has 0 atom stereocenters. The summed E-state index contributed by atoms with van der Waals surface area (Å²) in [6.45, 7) is 5.90. The number of non-ortho nitro benzene ring substituents is 1. The SMILES string of the molecule is C=CCc1cc(/C=C2/SC(=Nc3cccc(Cl)c3C)NC2=O)cc(OC)c1OCc1ccc([N+](=O)[O-])cc1. The molecule has 0 saturated carbocycles. The van der Waals surface area contributed by atoms with Crippen LogP contribution in [0.3, 0.4) is 0 Å². The van der Waals surface area contributed by atoms with Crippen LogP contribution in [0.2, 0.25) is 5.02 Å². The number of hydrogen-bond acceptors (Lipinski definition) is 7. The number of ether oxygens (including phenoxy) is 2. The number of aliphatic imine (C=N–C) groups is 1. The van der Waals surface area contributed by atoms with Gasteiger partial charge >= 0.3 is 0 Å². The van der Waals surface area contributed by atoms with E-state index in [1.807, 2.05) is 25.1 Å². The van der Waals surface area contributed by atoms with Crippen LogP contribution >= 0.6 is 23.4 Å². The number of nitrogens with one attached hydrogen (secondary N) is 1. The Kier molecular flexibility index (Phi) is 8.50. The zero-order valence-electron chi connectivity index (χ0n) is 20.7. The molecule has 1 saturated heterocycles. The zero-order chi connectivity index (χ0) is 27.2. The Morgan fingerprint density at radius 2 is 1.97 bits per heavy atom. The lowest BCUT2D eigenvalue weighted by Gasteiger charge is -2.16. The zero-order valence-corrected chi connectivity index (χ0v) is 22.3. The first-order chi connectivity index (χ1) is 18.3. The molecular formula is C28H24ClN3O5S. The second kappa shape index (κ2) is 12.0. The van der Waals surface area contributed by atoms with E-state index in [1.165, 1.54) is 31.0 Å². The smallest absolute Gasteiger partial charge is 0.269 e. The average molecular weight is 550 g/mol. The van der Waals surface area contributed by atoms with E-state index in [-0.39, 0.29) is 18.2 Å². The number of nitro groups is 1. The number of methoxy groups -OCH3 is 1. The first-order valence-electron chi connectivity index (χ1n) is 11.5. The van der Waals surface area contributed by atoms with E-state index in [9.17, 15) is 14.9 Å². The van der Waals surface area contributed by atoms with Gasteiger partial charge in [0.2, 0.25) is 0 Å². The number of carbonyl (C=O) groups is 1. The maximum Gasteiger partial charge on any atom is 0.269 e. The Morgan fingerprint density at radius 3 is 2.66 bits per heavy atom. The number of nitrogens with zero attached hydrogens (tertiary/aromatic N) is 2. The standard InChI is InChI=1S/C28H24ClN3O5S/c1-4-6-20-13-19(14-24(36-3)26(20)37-16-18-9-11-21(12-10-18)32(34)35)15-25-27(33)31-28(38-25)30-23-8-5-7-22(29)17(23)2/h4-5,7-15H,1,6,16H2,2-3H3,(H,30,31,33)/b25-15+. The van der Waals surface area contributed by atoms with E-state index >= 15 is 0 Å². The number of halogens is 1. The van der Waals surface area contributed by atoms with Gasteiger partial charge < -0.3 is 14.8 Å². The molecule has 4 rings (SSSR count). The summed E-state index contributed by atoms with van der Waals surface area (Å²) in [5.41, 5.74) is 3.87. The highest BCUT2D eigenvalue weighted by atomic mass is 35.5. The van der Waals surface area contributed by atoms with E-state index in [0.717, 1.165) is 22.3 Å². The van der Waals surface area contributed by atoms with E-state index in [2.05, 4.69) is 16.9 Å². The van der Waals surface area contributed by atoms with Gasteiger partial charge in [-0.05, 0) is 84.3 Å². The molecule has 1 fully saturated rings. The molecule has 1 aliphatic heterocycles. The van der Waals surface area contributed by atoms with E-state index < -0.39 is 4.92 Å². The fourth-order valence-electron chi connectivity index (χ4n) is 3.72. The number of benzene rings is 3. The molecule has 3 aromatic rings. The van der Waals surface area contributed by atoms with Crippen molar-refractivity contribution in [2.75, 3.05) is 7.11 Å². The number of amidine groups is 1. The molecule has 1 heterocycles. The number of thioether (sulfide) groups is 1. The van der Waals surface area contributed by atoms with E-state index in [4.69, 9.17) is 21.1 Å². The van der Waals surface area contributed by atoms with Crippen LogP contribution in [-0.2, 0) is 17.8 Å². The van der Waals surface area contributed by atoms with E-state index in [0.29, 0.717) is 38.7 Å². The molecule has 1 N–H and O–H groups in total. The third kappa shape index (κ3) is 6.24. The lowest BCUT2D eigenvalue weighted by Crippen LogP contribution is -2.19. The molecule has 0 radical (unpaired) electrons. The van der Waals surface area contributed by atoms with Crippen molar-refractivity contribution < 1.29 is 19.2 Å². The van der Waals surface area contributed by atoms with Crippen molar-refractivity contribution in [2.45, 2.75) is 20.0 Å². The van der Waals surface area contributed by atoms with Crippen LogP contribution < -0.4 is 14.8 Å². The largest absolute Gasteiger partial charge is 0.493 e. The first kappa shape index (κ1) is 27.0. The van der Waals surface area contributed by atoms with Gasteiger partial charge in [0.05, 0.1) is 22.6 Å². The highest BCUT2D eigenvalue weighted by Gasteiger charge is 2.24. The summed E-state index contributed by atoms with van der Waals surface area (Å²) in [5.74, 6) is 0.774. The topological polar surface area (TPSA) is 103 Å². The van der Waals surface area contributed by atoms with Crippen LogP contribution in [0.4, 0.5) is 11.4 Å². The van der Waals surface area contributed by atoms with Crippen molar-refractivity contribution in [1.29, 1.82) is 0 Å². The van der Waals surface area contributed by atoms with Crippen LogP contribution in [-0.4, -0.2) is 23.1 Å². The molecule has 0 aromatic heterocycles. The predicted octanol–water partition coefficient (Wildman–Crippen LogP) is 6.76. The van der Waals surface area contributed by atoms with Gasteiger partial charge in [-0.25, -0.2) is 4.99 Å². The lowest BCUT2D eigenvalue weighted by molar-refractivity contribution is -0.384. The van der Waals surface area contributed by atoms with Crippen molar-refractivity contribution in [3.05, 3.63) is 110 Å². The Hall–Kier alpha value is -4.08. The van der Waals surface area contributed by atoms with Gasteiger partial charge in [-0.2, -0.15) is 0 Å². The van der Waals surface area contributed by atoms with Crippen molar-refractivity contribution in [2.24, 2.45) is 4.99 Å². The molecule has 194 valence electrons. The molecular weight excluding hydrogens is 526 g/mol. The Balaban J connectivity index is 1.59. The van der Waals surface area contributed by atoms with Crippen LogP contribution in [0.5, 0.6) is 11.5 Å². The van der Waals surface area contributed by atoms with Crippen molar-refractivity contribution >= 4 is 51.9 Å². The fourth-order valence-corrected chi connectivity index (χ4v) is 4.72. The summed E-state index contributed by atoms with van der Waals surface area (Å²) in [5, 5.41) is 14.8. The maximum atomic E-state index is 12.7. The molecule has 0 bridgehead atoms. The monoisotopic (exact) mass is 549 g/mol. The number of nitro benzene ring substituents is 1. The van der Waals surface area contributed by atoms with Crippen molar-refractivity contribution in [3.63, 3.8) is 0 Å². The summed E-state index contributed by atoms with van der Waals surface area (Å²) < 4.78 is 11.7. The predicted molar refractivity (Wildman–Crippen MR) is 151 cm³/mol. The minimum atomic E-state index is -0.445. The fraction of sp³-hybridized carbons (Fsp3) is 0.143. The summed E-state index contributed by atoms with van der Waals surface area (Å²) in [6, 6.07) is 15.3. The maximum absolute atomic E-state index is 12.7. The number of rotatable bonds is 9. The highest BCUT2D eigenvalue weighted by Crippen LogP contribution is 2.37.